The summed E-state index contributed by atoms with van der Waals surface area (Å²) >= 11 is 1.31. The summed E-state index contributed by atoms with van der Waals surface area (Å²) in [5.74, 6) is -1.00. The monoisotopic (exact) mass is 566 g/mol. The number of ketones is 2. The number of ether oxygens (including phenoxy) is 1. The second-order valence-electron chi connectivity index (χ2n) is 10.1. The summed E-state index contributed by atoms with van der Waals surface area (Å²) in [4.78, 5) is 50.1. The zero-order chi connectivity index (χ0) is 29.5. The van der Waals surface area contributed by atoms with Crippen LogP contribution in [0.1, 0.15) is 56.8 Å². The van der Waals surface area contributed by atoms with Gasteiger partial charge >= 0.3 is 5.97 Å². The number of hydrogen-bond donors (Lipinski definition) is 1. The van der Waals surface area contributed by atoms with Crippen molar-refractivity contribution < 1.29 is 29.0 Å². The Morgan fingerprint density at radius 2 is 1.15 bits per heavy atom. The molecule has 4 rings (SSSR count). The Bertz CT molecular complexity index is 1550. The van der Waals surface area contributed by atoms with Crippen molar-refractivity contribution in [1.29, 1.82) is 0 Å². The van der Waals surface area contributed by atoms with Crippen LogP contribution >= 0.6 is 11.8 Å². The summed E-state index contributed by atoms with van der Waals surface area (Å²) in [5, 5.41) is 10.3. The highest BCUT2D eigenvalue weighted by atomic mass is 32.2. The molecule has 0 aliphatic rings. The first-order valence-electron chi connectivity index (χ1n) is 13.0. The summed E-state index contributed by atoms with van der Waals surface area (Å²) in [6.07, 6.45) is 0. The van der Waals surface area contributed by atoms with Crippen molar-refractivity contribution in [3.63, 3.8) is 0 Å². The molecule has 4 aromatic carbocycles. The second kappa shape index (κ2) is 12.8. The van der Waals surface area contributed by atoms with Crippen LogP contribution in [0.3, 0.4) is 0 Å². The molecule has 0 aliphatic heterocycles. The van der Waals surface area contributed by atoms with Crippen LogP contribution < -0.4 is 0 Å². The van der Waals surface area contributed by atoms with Gasteiger partial charge in [-0.3, -0.25) is 19.2 Å². The zero-order valence-electron chi connectivity index (χ0n) is 22.8. The Morgan fingerprint density at radius 3 is 1.63 bits per heavy atom. The van der Waals surface area contributed by atoms with Crippen molar-refractivity contribution >= 4 is 35.8 Å². The maximum absolute atomic E-state index is 13.0. The molecule has 2 atom stereocenters. The highest BCUT2D eigenvalue weighted by Gasteiger charge is 2.38. The lowest BCUT2D eigenvalue weighted by atomic mass is 9.83. The maximum atomic E-state index is 13.0. The van der Waals surface area contributed by atoms with Crippen molar-refractivity contribution in [3.05, 3.63) is 143 Å². The number of benzene rings is 4. The Morgan fingerprint density at radius 1 is 0.683 bits per heavy atom. The van der Waals surface area contributed by atoms with E-state index in [4.69, 9.17) is 4.74 Å². The van der Waals surface area contributed by atoms with Crippen molar-refractivity contribution in [3.8, 4) is 0 Å². The molecule has 0 heterocycles. The van der Waals surface area contributed by atoms with Crippen LogP contribution in [0.5, 0.6) is 0 Å². The van der Waals surface area contributed by atoms with Gasteiger partial charge in [-0.1, -0.05) is 97.1 Å². The van der Waals surface area contributed by atoms with E-state index >= 15 is 0 Å². The summed E-state index contributed by atoms with van der Waals surface area (Å²) in [6, 6.07) is 31.3. The van der Waals surface area contributed by atoms with Crippen LogP contribution in [0.2, 0.25) is 0 Å². The first kappa shape index (κ1) is 29.5. The van der Waals surface area contributed by atoms with Gasteiger partial charge in [0.05, 0.1) is 5.41 Å². The van der Waals surface area contributed by atoms with Gasteiger partial charge in [-0.05, 0) is 37.1 Å². The average Bonchev–Trinajstić information content (AvgIpc) is 3.01. The van der Waals surface area contributed by atoms with Gasteiger partial charge in [-0.15, -0.1) is 0 Å². The van der Waals surface area contributed by atoms with E-state index in [9.17, 15) is 24.3 Å². The molecular formula is C34H30O6S. The molecule has 0 saturated carbocycles. The third kappa shape index (κ3) is 6.64. The molecule has 208 valence electrons. The highest BCUT2D eigenvalue weighted by molar-refractivity contribution is 7.99. The van der Waals surface area contributed by atoms with E-state index in [1.54, 1.807) is 111 Å². The van der Waals surface area contributed by atoms with Crippen LogP contribution in [-0.4, -0.2) is 40.6 Å². The molecule has 0 amide bonds. The van der Waals surface area contributed by atoms with Crippen LogP contribution in [0.4, 0.5) is 0 Å². The molecule has 0 saturated heterocycles. The van der Waals surface area contributed by atoms with Crippen LogP contribution in [0.15, 0.2) is 109 Å². The number of thioether (sulfide) groups is 1. The molecular weight excluding hydrogens is 536 g/mol. The summed E-state index contributed by atoms with van der Waals surface area (Å²) in [7, 11) is 0. The number of carbonyl (C=O) groups is 4. The van der Waals surface area contributed by atoms with E-state index in [1.165, 1.54) is 11.8 Å². The van der Waals surface area contributed by atoms with Crippen molar-refractivity contribution in [1.82, 2.24) is 0 Å². The van der Waals surface area contributed by atoms with Gasteiger partial charge in [0.1, 0.15) is 5.60 Å². The summed E-state index contributed by atoms with van der Waals surface area (Å²) < 4.78 is 5.53. The standard InChI is InChI=1S/C34H30O6S/c1-33(32(38)39,28-17-9-15-26(19-28)30(36)24-11-5-3-6-12-24)21-41-22-34(2,40-23-35)29-18-10-16-27(20-29)31(37)25-13-7-4-8-14-25/h3-20,23H,21-22H2,1-2H3,(H,38,39). The SMILES string of the molecule is CC(CSCC(C)(C(=O)O)c1cccc(C(=O)c2ccccc2)c1)(OC=O)c1cccc(C(=O)c2ccccc2)c1. The lowest BCUT2D eigenvalue weighted by Gasteiger charge is -2.31. The lowest BCUT2D eigenvalue weighted by Crippen LogP contribution is -2.37. The van der Waals surface area contributed by atoms with Gasteiger partial charge in [-0.2, -0.15) is 11.8 Å². The van der Waals surface area contributed by atoms with Crippen molar-refractivity contribution in [2.24, 2.45) is 0 Å². The smallest absolute Gasteiger partial charge is 0.314 e. The Labute approximate surface area is 243 Å². The normalized spacial score (nSPS) is 13.8. The number of carboxylic acid groups (broad SMARTS) is 1. The van der Waals surface area contributed by atoms with E-state index in [-0.39, 0.29) is 23.1 Å². The molecule has 0 aromatic heterocycles. The maximum Gasteiger partial charge on any atom is 0.314 e. The molecule has 4 aromatic rings. The lowest BCUT2D eigenvalue weighted by molar-refractivity contribution is -0.143. The predicted molar refractivity (Wildman–Crippen MR) is 159 cm³/mol. The number of carboxylic acids is 1. The molecule has 6 nitrogen and oxygen atoms in total. The van der Waals surface area contributed by atoms with Gasteiger partial charge in [0, 0.05) is 33.8 Å². The average molecular weight is 567 g/mol. The first-order valence-corrected chi connectivity index (χ1v) is 14.2. The number of carbonyl (C=O) groups excluding carboxylic acids is 3. The highest BCUT2D eigenvalue weighted by Crippen LogP contribution is 2.35. The minimum atomic E-state index is -1.33. The Kier molecular flexibility index (Phi) is 9.20. The molecule has 2 unspecified atom stereocenters. The van der Waals surface area contributed by atoms with Gasteiger partial charge in [-0.25, -0.2) is 0 Å². The van der Waals surface area contributed by atoms with Crippen LogP contribution in [0.25, 0.3) is 0 Å². The predicted octanol–water partition coefficient (Wildman–Crippen LogP) is 6.31. The Hall–Kier alpha value is -4.49. The van der Waals surface area contributed by atoms with Crippen molar-refractivity contribution in [2.45, 2.75) is 24.9 Å². The summed E-state index contributed by atoms with van der Waals surface area (Å²) in [5.41, 5.74) is 0.580. The third-order valence-electron chi connectivity index (χ3n) is 7.12. The van der Waals surface area contributed by atoms with E-state index < -0.39 is 17.0 Å². The topological polar surface area (TPSA) is 97.7 Å². The van der Waals surface area contributed by atoms with Crippen molar-refractivity contribution in [2.75, 3.05) is 11.5 Å². The fourth-order valence-corrected chi connectivity index (χ4v) is 5.94. The molecule has 0 bridgehead atoms. The quantitative estimate of drug-likeness (QED) is 0.150. The molecule has 0 aliphatic carbocycles. The largest absolute Gasteiger partial charge is 0.481 e. The molecule has 41 heavy (non-hydrogen) atoms. The van der Waals surface area contributed by atoms with Crippen LogP contribution in [0, 0.1) is 0 Å². The zero-order valence-corrected chi connectivity index (χ0v) is 23.6. The van der Waals surface area contributed by atoms with E-state index in [1.807, 2.05) is 12.1 Å². The molecule has 0 fully saturated rings. The Balaban J connectivity index is 1.55. The number of hydrogen-bond acceptors (Lipinski definition) is 6. The van der Waals surface area contributed by atoms with E-state index in [0.717, 1.165) is 0 Å². The minimum Gasteiger partial charge on any atom is -0.481 e. The fraction of sp³-hybridized carbons (Fsp3) is 0.176. The van der Waals surface area contributed by atoms with Crippen LogP contribution in [-0.2, 0) is 25.3 Å². The van der Waals surface area contributed by atoms with Gasteiger partial charge < -0.3 is 9.84 Å². The molecule has 0 spiro atoms. The minimum absolute atomic E-state index is 0.145. The van der Waals surface area contributed by atoms with E-state index in [2.05, 4.69) is 0 Å². The fourth-order valence-electron chi connectivity index (χ4n) is 4.52. The van der Waals surface area contributed by atoms with Gasteiger partial charge in [0.15, 0.2) is 11.6 Å². The van der Waals surface area contributed by atoms with Gasteiger partial charge in [0.2, 0.25) is 0 Å². The first-order chi connectivity index (χ1) is 19.7. The van der Waals surface area contributed by atoms with Gasteiger partial charge in [0.25, 0.3) is 6.47 Å². The third-order valence-corrected chi connectivity index (χ3v) is 8.65. The molecule has 7 heteroatoms. The second-order valence-corrected chi connectivity index (χ2v) is 11.1. The van der Waals surface area contributed by atoms with E-state index in [0.29, 0.717) is 39.9 Å². The number of aliphatic carboxylic acids is 1. The molecule has 0 radical (unpaired) electrons. The number of rotatable bonds is 13. The molecule has 1 N–H and O–H groups in total. The summed E-state index contributed by atoms with van der Waals surface area (Å²) in [6.45, 7) is 3.71.